The van der Waals surface area contributed by atoms with Gasteiger partial charge >= 0.3 is 0 Å². The van der Waals surface area contributed by atoms with Crippen LogP contribution in [-0.2, 0) is 14.2 Å². The lowest BCUT2D eigenvalue weighted by Gasteiger charge is -2.44. The number of alkyl halides is 1. The van der Waals surface area contributed by atoms with Crippen LogP contribution in [-0.4, -0.2) is 98.7 Å². The van der Waals surface area contributed by atoms with E-state index in [0.29, 0.717) is 0 Å². The summed E-state index contributed by atoms with van der Waals surface area (Å²) in [5.74, 6) is 0. The van der Waals surface area contributed by atoms with Crippen molar-refractivity contribution in [3.8, 4) is 0 Å². The maximum absolute atomic E-state index is 13.6. The molecule has 9 nitrogen and oxygen atoms in total. The molecule has 0 bridgehead atoms. The van der Waals surface area contributed by atoms with Crippen molar-refractivity contribution in [2.45, 2.75) is 68.4 Å². The molecule has 2 aliphatic heterocycles. The first kappa shape index (κ1) is 17.9. The largest absolute Gasteiger partial charge is 0.394 e. The lowest BCUT2D eigenvalue weighted by molar-refractivity contribution is -0.346. The normalized spacial score (nSPS) is 53.5. The summed E-state index contributed by atoms with van der Waals surface area (Å²) < 4.78 is 28.8. The Labute approximate surface area is 125 Å². The number of ether oxygens (including phenoxy) is 3. The Hall–Kier alpha value is -0.430. The van der Waals surface area contributed by atoms with E-state index in [4.69, 9.17) is 19.3 Å². The average Bonchev–Trinajstić information content (AvgIpc) is 2.49. The molecule has 2 heterocycles. The fourth-order valence-electron chi connectivity index (χ4n) is 2.53. The molecule has 10 atom stereocenters. The Morgan fingerprint density at radius 1 is 0.955 bits per heavy atom. The predicted molar refractivity (Wildman–Crippen MR) is 66.1 cm³/mol. The smallest absolute Gasteiger partial charge is 0.189 e. The molecule has 0 spiro atoms. The minimum atomic E-state index is -2.12. The number of aliphatic hydroxyl groups is 6. The van der Waals surface area contributed by atoms with E-state index in [2.05, 4.69) is 0 Å². The Bertz CT molecular complexity index is 371. The minimum Gasteiger partial charge on any atom is -0.394 e. The molecule has 2 rings (SSSR count). The van der Waals surface area contributed by atoms with Gasteiger partial charge in [0, 0.05) is 0 Å². The van der Waals surface area contributed by atoms with Gasteiger partial charge in [-0.15, -0.1) is 0 Å². The van der Waals surface area contributed by atoms with E-state index in [1.165, 1.54) is 6.92 Å². The summed E-state index contributed by atoms with van der Waals surface area (Å²) >= 11 is 0. The van der Waals surface area contributed by atoms with Gasteiger partial charge in [0.15, 0.2) is 18.8 Å². The van der Waals surface area contributed by atoms with Gasteiger partial charge in [0.25, 0.3) is 0 Å². The van der Waals surface area contributed by atoms with E-state index >= 15 is 0 Å². The molecule has 0 unspecified atom stereocenters. The monoisotopic (exact) mass is 328 g/mol. The van der Waals surface area contributed by atoms with E-state index in [1.807, 2.05) is 0 Å². The number of aliphatic hydroxyl groups excluding tert-OH is 6. The van der Waals surface area contributed by atoms with Gasteiger partial charge in [-0.1, -0.05) is 0 Å². The van der Waals surface area contributed by atoms with Crippen LogP contribution in [0.1, 0.15) is 6.92 Å². The van der Waals surface area contributed by atoms with Crippen LogP contribution in [0.2, 0.25) is 0 Å². The standard InChI is InChI=1S/C12H21FO9/c1-3-10(7(16)5(13)11(19)20-3)22-12-9(18)8(17)6(15)4(2-14)21-12/h3-12,14-19H,2H2,1H3/t3-,4-,5-,6-,7-,8+,9-,10-,11+,12+/m1/s1. The maximum atomic E-state index is 13.6. The third kappa shape index (κ3) is 3.25. The number of hydrogen-bond donors (Lipinski definition) is 6. The second kappa shape index (κ2) is 6.99. The lowest BCUT2D eigenvalue weighted by Crippen LogP contribution is -2.63. The first-order chi connectivity index (χ1) is 10.3. The molecule has 6 N–H and O–H groups in total. The quantitative estimate of drug-likeness (QED) is 0.312. The molecule has 0 amide bonds. The fourth-order valence-corrected chi connectivity index (χ4v) is 2.53. The van der Waals surface area contributed by atoms with E-state index in [1.54, 1.807) is 0 Å². The van der Waals surface area contributed by atoms with Gasteiger partial charge in [0.2, 0.25) is 0 Å². The minimum absolute atomic E-state index is 0.644. The third-order valence-electron chi connectivity index (χ3n) is 3.89. The summed E-state index contributed by atoms with van der Waals surface area (Å²) in [6, 6.07) is 0. The highest BCUT2D eigenvalue weighted by Crippen LogP contribution is 2.29. The van der Waals surface area contributed by atoms with E-state index in [9.17, 15) is 29.9 Å². The zero-order chi connectivity index (χ0) is 16.6. The summed E-state index contributed by atoms with van der Waals surface area (Å²) in [5.41, 5.74) is 0. The molecule has 0 radical (unpaired) electrons. The Kier molecular flexibility index (Phi) is 5.69. The van der Waals surface area contributed by atoms with Crippen LogP contribution in [0, 0.1) is 0 Å². The zero-order valence-electron chi connectivity index (χ0n) is 11.8. The summed E-state index contributed by atoms with van der Waals surface area (Å²) in [6.07, 6.45) is -15.5. The molecule has 0 aliphatic carbocycles. The van der Waals surface area contributed by atoms with Gasteiger partial charge in [-0.2, -0.15) is 0 Å². The number of hydrogen-bond acceptors (Lipinski definition) is 9. The Balaban J connectivity index is 2.08. The predicted octanol–water partition coefficient (Wildman–Crippen LogP) is -3.39. The van der Waals surface area contributed by atoms with Crippen molar-refractivity contribution in [3.05, 3.63) is 0 Å². The molecule has 2 aliphatic rings. The maximum Gasteiger partial charge on any atom is 0.189 e. The summed E-state index contributed by atoms with van der Waals surface area (Å²) in [5, 5.41) is 57.2. The van der Waals surface area contributed by atoms with Crippen molar-refractivity contribution in [1.82, 2.24) is 0 Å². The number of halogens is 1. The van der Waals surface area contributed by atoms with Crippen LogP contribution in [0.3, 0.4) is 0 Å². The van der Waals surface area contributed by atoms with Crippen LogP contribution in [0.4, 0.5) is 4.39 Å². The molecular weight excluding hydrogens is 307 g/mol. The molecule has 130 valence electrons. The molecule has 0 aromatic heterocycles. The van der Waals surface area contributed by atoms with Crippen LogP contribution in [0.15, 0.2) is 0 Å². The average molecular weight is 328 g/mol. The van der Waals surface area contributed by atoms with Crippen LogP contribution < -0.4 is 0 Å². The molecule has 0 saturated carbocycles. The van der Waals surface area contributed by atoms with Gasteiger partial charge in [-0.3, -0.25) is 0 Å². The molecule has 2 fully saturated rings. The van der Waals surface area contributed by atoms with E-state index in [0.717, 1.165) is 0 Å². The molecule has 0 aromatic carbocycles. The van der Waals surface area contributed by atoms with Crippen molar-refractivity contribution in [3.63, 3.8) is 0 Å². The molecule has 10 heteroatoms. The van der Waals surface area contributed by atoms with E-state index < -0.39 is 68.1 Å². The van der Waals surface area contributed by atoms with Crippen molar-refractivity contribution < 1.29 is 49.2 Å². The van der Waals surface area contributed by atoms with Gasteiger partial charge < -0.3 is 44.8 Å². The van der Waals surface area contributed by atoms with Crippen LogP contribution >= 0.6 is 0 Å². The Morgan fingerprint density at radius 2 is 1.59 bits per heavy atom. The first-order valence-corrected chi connectivity index (χ1v) is 6.89. The van der Waals surface area contributed by atoms with Gasteiger partial charge in [-0.05, 0) is 6.92 Å². The SMILES string of the molecule is C[C@H]1O[C@H](O)[C@H](F)[C@@H](O)[C@@H]1O[C@@H]1O[C@H](CO)[C@@H](O)[C@H](O)[C@H]1O. The lowest BCUT2D eigenvalue weighted by atomic mass is 9.98. The van der Waals surface area contributed by atoms with Gasteiger partial charge in [0.05, 0.1) is 12.7 Å². The molecule has 22 heavy (non-hydrogen) atoms. The van der Waals surface area contributed by atoms with Gasteiger partial charge in [-0.25, -0.2) is 4.39 Å². The summed E-state index contributed by atoms with van der Waals surface area (Å²) in [7, 11) is 0. The molecule has 0 aromatic rings. The molecular formula is C12H21FO9. The second-order valence-corrected chi connectivity index (χ2v) is 5.46. The number of rotatable bonds is 3. The van der Waals surface area contributed by atoms with Crippen molar-refractivity contribution in [2.75, 3.05) is 6.61 Å². The van der Waals surface area contributed by atoms with Crippen LogP contribution in [0.25, 0.3) is 0 Å². The third-order valence-corrected chi connectivity index (χ3v) is 3.89. The highest BCUT2D eigenvalue weighted by Gasteiger charge is 2.49. The summed E-state index contributed by atoms with van der Waals surface area (Å²) in [6.45, 7) is 0.765. The van der Waals surface area contributed by atoms with E-state index in [-0.39, 0.29) is 0 Å². The van der Waals surface area contributed by atoms with Gasteiger partial charge in [0.1, 0.15) is 36.6 Å². The Morgan fingerprint density at radius 3 is 2.18 bits per heavy atom. The first-order valence-electron chi connectivity index (χ1n) is 6.89. The van der Waals surface area contributed by atoms with Crippen molar-refractivity contribution in [1.29, 1.82) is 0 Å². The highest BCUT2D eigenvalue weighted by molar-refractivity contribution is 4.92. The van der Waals surface area contributed by atoms with Crippen LogP contribution in [0.5, 0.6) is 0 Å². The highest BCUT2D eigenvalue weighted by atomic mass is 19.1. The summed E-state index contributed by atoms with van der Waals surface area (Å²) in [4.78, 5) is 0. The topological polar surface area (TPSA) is 149 Å². The molecule has 2 saturated heterocycles. The van der Waals surface area contributed by atoms with Crippen molar-refractivity contribution in [2.24, 2.45) is 0 Å². The zero-order valence-corrected chi connectivity index (χ0v) is 11.8. The fraction of sp³-hybridized carbons (Fsp3) is 1.00. The van der Waals surface area contributed by atoms with Crippen molar-refractivity contribution >= 4 is 0 Å². The second-order valence-electron chi connectivity index (χ2n) is 5.46.